The lowest BCUT2D eigenvalue weighted by Gasteiger charge is -2.18. The molecule has 2 aromatic heterocycles. The van der Waals surface area contributed by atoms with Gasteiger partial charge in [0, 0.05) is 25.2 Å². The van der Waals surface area contributed by atoms with E-state index in [0.717, 1.165) is 32.0 Å². The van der Waals surface area contributed by atoms with E-state index in [0.29, 0.717) is 32.6 Å². The van der Waals surface area contributed by atoms with Gasteiger partial charge in [0.1, 0.15) is 6.61 Å². The van der Waals surface area contributed by atoms with E-state index < -0.39 is 36.8 Å². The van der Waals surface area contributed by atoms with E-state index in [9.17, 15) is 14.4 Å². The van der Waals surface area contributed by atoms with Gasteiger partial charge in [0.2, 0.25) is 6.04 Å². The Kier molecular flexibility index (Phi) is 12.1. The van der Waals surface area contributed by atoms with Crippen LogP contribution in [0.25, 0.3) is 0 Å². The van der Waals surface area contributed by atoms with Gasteiger partial charge in [-0.3, -0.25) is 14.6 Å². The zero-order valence-electron chi connectivity index (χ0n) is 30.2. The molecule has 2 atom stereocenters. The molecular weight excluding hydrogens is 729 g/mol. The molecule has 2 aliphatic heterocycles. The van der Waals surface area contributed by atoms with Gasteiger partial charge in [-0.15, -0.1) is 35.0 Å². The Morgan fingerprint density at radius 2 is 1.41 bits per heavy atom. The predicted octanol–water partition coefficient (Wildman–Crippen LogP) is 5.24. The Morgan fingerprint density at radius 1 is 0.815 bits per heavy atom. The summed E-state index contributed by atoms with van der Waals surface area (Å²) in [6, 6.07) is 17.5. The first-order chi connectivity index (χ1) is 26.1. The number of aliphatic imine (C=N–C) groups is 2. The van der Waals surface area contributed by atoms with Gasteiger partial charge >= 0.3 is 5.97 Å². The van der Waals surface area contributed by atoms with Crippen LogP contribution in [0, 0.1) is 38.0 Å². The smallest absolute Gasteiger partial charge is 0.342 e. The summed E-state index contributed by atoms with van der Waals surface area (Å²) in [6.07, 6.45) is 4.39. The molecule has 0 fully saturated rings. The van der Waals surface area contributed by atoms with Crippen molar-refractivity contribution in [2.24, 2.45) is 9.98 Å². The number of aryl methyl sites for hydroxylation is 2. The number of likely N-dealkylation sites (N-methyl/N-ethyl adjacent to an activating group) is 2. The summed E-state index contributed by atoms with van der Waals surface area (Å²) in [5, 5.41) is 0. The van der Waals surface area contributed by atoms with Crippen LogP contribution in [0.3, 0.4) is 0 Å². The molecule has 276 valence electrons. The van der Waals surface area contributed by atoms with Crippen LogP contribution in [0.4, 0.5) is 11.4 Å². The normalized spacial score (nSPS) is 16.6. The van der Waals surface area contributed by atoms with Crippen molar-refractivity contribution in [3.63, 3.8) is 0 Å². The van der Waals surface area contributed by atoms with Gasteiger partial charge in [-0.25, -0.2) is 14.7 Å². The first-order valence-electron chi connectivity index (χ1n) is 16.7. The second-order valence-electron chi connectivity index (χ2n) is 12.0. The molecule has 0 saturated heterocycles. The number of benzene rings is 2. The number of rotatable bonds is 12. The van der Waals surface area contributed by atoms with Crippen molar-refractivity contribution >= 4 is 63.3 Å². The first-order valence-corrected chi connectivity index (χ1v) is 18.4. The second kappa shape index (κ2) is 17.1. The highest BCUT2D eigenvalue weighted by Crippen LogP contribution is 2.37. The lowest BCUT2D eigenvalue weighted by Crippen LogP contribution is -2.40. The highest BCUT2D eigenvalue weighted by atomic mass is 32.1. The Morgan fingerprint density at radius 3 is 2.04 bits per heavy atom. The van der Waals surface area contributed by atoms with Gasteiger partial charge in [0.05, 0.1) is 48.9 Å². The highest BCUT2D eigenvalue weighted by molar-refractivity contribution is 7.16. The van der Waals surface area contributed by atoms with Gasteiger partial charge in [-0.1, -0.05) is 60.4 Å². The Labute approximate surface area is 320 Å². The Balaban J connectivity index is 1.02. The SMILES string of the molecule is C#Cc1cc2c(s1)C(c1ccccc1C)=NC(C(=O)OCOCOCCOOC1N=C(c3ccccc3C)c3sc(C#CC)cc3N(C)C1=O)C(=O)N2C. The summed E-state index contributed by atoms with van der Waals surface area (Å²) >= 11 is 2.77. The lowest BCUT2D eigenvalue weighted by molar-refractivity contribution is -0.320. The summed E-state index contributed by atoms with van der Waals surface area (Å²) < 4.78 is 16.0. The van der Waals surface area contributed by atoms with Crippen LogP contribution in [-0.4, -0.2) is 82.4 Å². The van der Waals surface area contributed by atoms with E-state index in [4.69, 9.17) is 35.4 Å². The molecule has 2 aliphatic rings. The fourth-order valence-electron chi connectivity index (χ4n) is 5.73. The van der Waals surface area contributed by atoms with Crippen molar-refractivity contribution in [1.82, 2.24) is 0 Å². The molecule has 2 unspecified atom stereocenters. The van der Waals surface area contributed by atoms with Crippen LogP contribution in [0.5, 0.6) is 0 Å². The number of amides is 2. The minimum atomic E-state index is -1.47. The molecule has 12 nitrogen and oxygen atoms in total. The maximum Gasteiger partial charge on any atom is 0.342 e. The highest BCUT2D eigenvalue weighted by Gasteiger charge is 2.38. The fraction of sp³-hybridized carbons (Fsp3) is 0.275. The number of esters is 1. The zero-order valence-corrected chi connectivity index (χ0v) is 31.8. The van der Waals surface area contributed by atoms with Crippen LogP contribution in [0.15, 0.2) is 70.6 Å². The molecule has 0 spiro atoms. The van der Waals surface area contributed by atoms with E-state index in [1.165, 1.54) is 32.5 Å². The van der Waals surface area contributed by atoms with Crippen molar-refractivity contribution in [1.29, 1.82) is 0 Å². The molecule has 2 aromatic carbocycles. The van der Waals surface area contributed by atoms with Crippen molar-refractivity contribution in [3.05, 3.63) is 102 Å². The summed E-state index contributed by atoms with van der Waals surface area (Å²) in [7, 11) is 3.23. The average molecular weight is 765 g/mol. The molecule has 0 saturated carbocycles. The summed E-state index contributed by atoms with van der Waals surface area (Å²) in [6.45, 7) is 4.87. The quantitative estimate of drug-likeness (QED) is 0.0365. The van der Waals surface area contributed by atoms with Gasteiger partial charge < -0.3 is 24.0 Å². The maximum atomic E-state index is 13.4. The summed E-state index contributed by atoms with van der Waals surface area (Å²) in [4.78, 5) is 66.0. The van der Waals surface area contributed by atoms with E-state index in [1.54, 1.807) is 27.1 Å². The third-order valence-electron chi connectivity index (χ3n) is 8.52. The van der Waals surface area contributed by atoms with E-state index in [1.807, 2.05) is 68.4 Å². The Hall–Kier alpha value is -5.45. The van der Waals surface area contributed by atoms with Crippen LogP contribution in [0.2, 0.25) is 0 Å². The number of ether oxygens (including phenoxy) is 3. The van der Waals surface area contributed by atoms with Crippen molar-refractivity contribution < 1.29 is 38.4 Å². The van der Waals surface area contributed by atoms with Crippen LogP contribution < -0.4 is 9.80 Å². The molecule has 4 aromatic rings. The minimum absolute atomic E-state index is 0.0173. The average Bonchev–Trinajstić information content (AvgIpc) is 3.76. The van der Waals surface area contributed by atoms with Crippen molar-refractivity contribution in [2.45, 2.75) is 33.0 Å². The van der Waals surface area contributed by atoms with Gasteiger partial charge in [0.15, 0.2) is 13.6 Å². The molecule has 6 rings (SSSR count). The molecule has 0 aliphatic carbocycles. The number of anilines is 2. The zero-order chi connectivity index (χ0) is 38.4. The molecule has 0 bridgehead atoms. The van der Waals surface area contributed by atoms with Crippen LogP contribution in [0.1, 0.15) is 48.7 Å². The molecule has 0 N–H and O–H groups in total. The number of carbonyl (C=O) groups excluding carboxylic acids is 3. The maximum absolute atomic E-state index is 13.4. The molecular formula is C40H36N4O8S2. The number of hydrogen-bond acceptors (Lipinski definition) is 12. The summed E-state index contributed by atoms with van der Waals surface area (Å²) in [5.74, 6) is 6.74. The topological polar surface area (TPSA) is 129 Å². The number of terminal acetylenes is 1. The predicted molar refractivity (Wildman–Crippen MR) is 207 cm³/mol. The molecule has 4 heterocycles. The van der Waals surface area contributed by atoms with Crippen LogP contribution >= 0.6 is 22.7 Å². The number of hydrogen-bond donors (Lipinski definition) is 0. The van der Waals surface area contributed by atoms with Crippen molar-refractivity contribution in [2.75, 3.05) is 50.7 Å². The van der Waals surface area contributed by atoms with Gasteiger partial charge in [-0.2, -0.15) is 4.89 Å². The standard InChI is InChI=1S/C40H36N4O8S2/c1-7-13-27-21-31-36(54-27)33(29-17-12-10-15-25(29)4)42-37(39(46)44(31)6)52-51-19-18-48-22-49-23-50-40(47)34-38(45)43(5)30-20-26(8-2)53-35(30)32(41-34)28-16-11-9-14-24(28)3/h2,9-12,14-17,20-21,34,37H,18-19,22-23H2,1,3-6H3. The third kappa shape index (κ3) is 8.05. The second-order valence-corrected chi connectivity index (χ2v) is 14.1. The number of thiophene rings is 2. The van der Waals surface area contributed by atoms with Crippen LogP contribution in [-0.2, 0) is 38.4 Å². The monoisotopic (exact) mass is 764 g/mol. The minimum Gasteiger partial charge on any atom is -0.436 e. The molecule has 0 radical (unpaired) electrons. The molecule has 2 amide bonds. The van der Waals surface area contributed by atoms with E-state index >= 15 is 0 Å². The summed E-state index contributed by atoms with van der Waals surface area (Å²) in [5.41, 5.74) is 5.85. The van der Waals surface area contributed by atoms with Gasteiger partial charge in [0.25, 0.3) is 18.0 Å². The number of nitrogens with zero attached hydrogens (tertiary/aromatic N) is 4. The van der Waals surface area contributed by atoms with Crippen molar-refractivity contribution in [3.8, 4) is 24.2 Å². The lowest BCUT2D eigenvalue weighted by atomic mass is 10.0. The Bertz CT molecular complexity index is 2260. The van der Waals surface area contributed by atoms with E-state index in [2.05, 4.69) is 22.8 Å². The number of carbonyl (C=O) groups is 3. The molecule has 54 heavy (non-hydrogen) atoms. The molecule has 14 heteroatoms. The van der Waals surface area contributed by atoms with E-state index in [-0.39, 0.29) is 20.0 Å². The fourth-order valence-corrected chi connectivity index (χ4v) is 7.84. The largest absolute Gasteiger partial charge is 0.436 e. The third-order valence-corrected chi connectivity index (χ3v) is 10.6. The number of fused-ring (bicyclic) bond motifs is 2. The van der Waals surface area contributed by atoms with Gasteiger partial charge in [-0.05, 0) is 44.0 Å². The first kappa shape index (κ1) is 38.3.